The number of hydrogen-bond acceptors (Lipinski definition) is 5. The zero-order chi connectivity index (χ0) is 21.3. The van der Waals surface area contributed by atoms with Crippen LogP contribution in [0.1, 0.15) is 44.6 Å². The third-order valence-corrected chi connectivity index (χ3v) is 6.40. The number of carbonyl (C=O) groups is 1. The summed E-state index contributed by atoms with van der Waals surface area (Å²) in [6.45, 7) is 3.89. The van der Waals surface area contributed by atoms with Gasteiger partial charge in [-0.1, -0.05) is 18.5 Å². The molecule has 1 saturated carbocycles. The van der Waals surface area contributed by atoms with E-state index in [-0.39, 0.29) is 35.3 Å². The first kappa shape index (κ1) is 21.0. The average Bonchev–Trinajstić information content (AvgIpc) is 3.10. The lowest BCUT2D eigenvalue weighted by Crippen LogP contribution is -2.63. The van der Waals surface area contributed by atoms with Gasteiger partial charge in [-0.3, -0.25) is 9.69 Å². The summed E-state index contributed by atoms with van der Waals surface area (Å²) in [5.41, 5.74) is -0.549. The lowest BCUT2D eigenvalue weighted by atomic mass is 9.83. The number of aromatic nitrogens is 1. The van der Waals surface area contributed by atoms with Gasteiger partial charge in [0.1, 0.15) is 0 Å². The van der Waals surface area contributed by atoms with Gasteiger partial charge in [-0.05, 0) is 49.8 Å². The molecule has 9 heteroatoms. The van der Waals surface area contributed by atoms with Crippen molar-refractivity contribution in [3.63, 3.8) is 0 Å². The number of benzene rings is 1. The molecule has 2 aromatic rings. The minimum Gasteiger partial charge on any atom is -0.358 e. The van der Waals surface area contributed by atoms with Gasteiger partial charge in [0.2, 0.25) is 5.91 Å². The van der Waals surface area contributed by atoms with E-state index in [0.717, 1.165) is 31.1 Å². The van der Waals surface area contributed by atoms with E-state index in [1.165, 1.54) is 38.2 Å². The van der Waals surface area contributed by atoms with Gasteiger partial charge in [0.25, 0.3) is 0 Å². The molecule has 0 bridgehead atoms. The second kappa shape index (κ2) is 8.45. The minimum absolute atomic E-state index is 0.0734. The number of nitrogens with one attached hydrogen (secondary N) is 2. The van der Waals surface area contributed by atoms with E-state index < -0.39 is 11.7 Å². The van der Waals surface area contributed by atoms with Gasteiger partial charge in [0.05, 0.1) is 23.5 Å². The Labute approximate surface area is 173 Å². The van der Waals surface area contributed by atoms with Gasteiger partial charge >= 0.3 is 6.18 Å². The Morgan fingerprint density at radius 3 is 2.63 bits per heavy atom. The molecular formula is C21H27F3N4O2. The molecule has 1 aliphatic heterocycles. The van der Waals surface area contributed by atoms with Gasteiger partial charge in [-0.15, -0.1) is 0 Å². The molecule has 6 nitrogen and oxygen atoms in total. The van der Waals surface area contributed by atoms with Crippen LogP contribution in [0.5, 0.6) is 0 Å². The fourth-order valence-corrected chi connectivity index (χ4v) is 4.51. The molecule has 1 amide bonds. The maximum Gasteiger partial charge on any atom is 0.416 e. The van der Waals surface area contributed by atoms with Crippen molar-refractivity contribution in [3.8, 4) is 0 Å². The highest BCUT2D eigenvalue weighted by atomic mass is 19.4. The summed E-state index contributed by atoms with van der Waals surface area (Å²) < 4.78 is 43.8. The van der Waals surface area contributed by atoms with E-state index >= 15 is 0 Å². The van der Waals surface area contributed by atoms with Crippen LogP contribution in [0.2, 0.25) is 0 Å². The predicted molar refractivity (Wildman–Crippen MR) is 107 cm³/mol. The molecule has 4 rings (SSSR count). The first-order chi connectivity index (χ1) is 14.3. The molecule has 0 atom stereocenters. The number of halogens is 3. The Balaban J connectivity index is 1.24. The molecule has 1 aliphatic carbocycles. The highest BCUT2D eigenvalue weighted by Crippen LogP contribution is 2.34. The van der Waals surface area contributed by atoms with Crippen LogP contribution >= 0.6 is 0 Å². The lowest BCUT2D eigenvalue weighted by Gasteiger charge is -2.46. The van der Waals surface area contributed by atoms with Crippen molar-refractivity contribution >= 4 is 22.7 Å². The van der Waals surface area contributed by atoms with Gasteiger partial charge in [-0.25, -0.2) is 0 Å². The number of rotatable bonds is 6. The monoisotopic (exact) mass is 424 g/mol. The molecule has 2 aliphatic rings. The molecule has 0 radical (unpaired) electrons. The van der Waals surface area contributed by atoms with E-state index in [1.807, 2.05) is 0 Å². The molecule has 2 fully saturated rings. The number of hydrogen-bond donors (Lipinski definition) is 2. The van der Waals surface area contributed by atoms with Crippen molar-refractivity contribution in [3.05, 3.63) is 23.8 Å². The predicted octanol–water partition coefficient (Wildman–Crippen LogP) is 4.03. The summed E-state index contributed by atoms with van der Waals surface area (Å²) in [6.07, 6.45) is 1.86. The van der Waals surface area contributed by atoms with Crippen LogP contribution in [0.3, 0.4) is 0 Å². The van der Waals surface area contributed by atoms with E-state index in [2.05, 4.69) is 27.6 Å². The standard InChI is InChI=1S/C21H27F3N4O2/c1-2-13-3-6-16(7-4-13)28-11-15(12-28)26-19(29)10-25-20-17-9-14(21(22,23)24)5-8-18(17)30-27-20/h5,8-9,13,15-16H,2-4,6-7,10-12H2,1H3,(H,25,27)(H,26,29)/t13-,16+. The van der Waals surface area contributed by atoms with Gasteiger partial charge < -0.3 is 15.2 Å². The summed E-state index contributed by atoms with van der Waals surface area (Å²) in [7, 11) is 0. The van der Waals surface area contributed by atoms with Crippen molar-refractivity contribution in [1.82, 2.24) is 15.4 Å². The zero-order valence-electron chi connectivity index (χ0n) is 17.0. The van der Waals surface area contributed by atoms with Crippen LogP contribution in [0, 0.1) is 5.92 Å². The summed E-state index contributed by atoms with van der Waals surface area (Å²) >= 11 is 0. The quantitative estimate of drug-likeness (QED) is 0.733. The smallest absolute Gasteiger partial charge is 0.358 e. The topological polar surface area (TPSA) is 70.4 Å². The molecule has 164 valence electrons. The zero-order valence-corrected chi connectivity index (χ0v) is 17.0. The third kappa shape index (κ3) is 4.55. The normalized spacial score (nSPS) is 23.3. The maximum absolute atomic E-state index is 12.9. The first-order valence-corrected chi connectivity index (χ1v) is 10.6. The number of anilines is 1. The Morgan fingerprint density at radius 1 is 1.23 bits per heavy atom. The van der Waals surface area contributed by atoms with Crippen molar-refractivity contribution in [2.75, 3.05) is 25.0 Å². The van der Waals surface area contributed by atoms with Crippen LogP contribution < -0.4 is 10.6 Å². The number of likely N-dealkylation sites (tertiary alicyclic amines) is 1. The van der Waals surface area contributed by atoms with Crippen LogP contribution in [-0.2, 0) is 11.0 Å². The highest BCUT2D eigenvalue weighted by Gasteiger charge is 2.35. The molecule has 2 heterocycles. The molecule has 1 saturated heterocycles. The largest absolute Gasteiger partial charge is 0.416 e. The van der Waals surface area contributed by atoms with Crippen molar-refractivity contribution in [2.24, 2.45) is 5.92 Å². The van der Waals surface area contributed by atoms with Crippen LogP contribution in [0.15, 0.2) is 22.7 Å². The third-order valence-electron chi connectivity index (χ3n) is 6.40. The average molecular weight is 424 g/mol. The Hall–Kier alpha value is -2.29. The summed E-state index contributed by atoms with van der Waals surface area (Å²) in [5, 5.41) is 9.71. The second-order valence-corrected chi connectivity index (χ2v) is 8.39. The van der Waals surface area contributed by atoms with Crippen LogP contribution in [0.25, 0.3) is 11.0 Å². The molecule has 0 unspecified atom stereocenters. The van der Waals surface area contributed by atoms with E-state index in [1.54, 1.807) is 0 Å². The minimum atomic E-state index is -4.45. The van der Waals surface area contributed by atoms with E-state index in [0.29, 0.717) is 6.04 Å². The molecule has 2 N–H and O–H groups in total. The van der Waals surface area contributed by atoms with Gasteiger partial charge in [0.15, 0.2) is 11.4 Å². The summed E-state index contributed by atoms with van der Waals surface area (Å²) in [4.78, 5) is 14.7. The fraction of sp³-hybridized carbons (Fsp3) is 0.619. The SMILES string of the molecule is CC[C@H]1CC[C@@H](N2CC(NC(=O)CNc3noc4ccc(C(F)(F)F)cc34)C2)CC1. The molecule has 30 heavy (non-hydrogen) atoms. The Kier molecular flexibility index (Phi) is 5.90. The van der Waals surface area contributed by atoms with E-state index in [4.69, 9.17) is 4.52 Å². The van der Waals surface area contributed by atoms with E-state index in [9.17, 15) is 18.0 Å². The Morgan fingerprint density at radius 2 is 1.97 bits per heavy atom. The second-order valence-electron chi connectivity index (χ2n) is 8.39. The molecule has 1 aromatic heterocycles. The molecule has 1 aromatic carbocycles. The number of nitrogens with zero attached hydrogens (tertiary/aromatic N) is 2. The summed E-state index contributed by atoms with van der Waals surface area (Å²) in [6, 6.07) is 3.90. The van der Waals surface area contributed by atoms with Gasteiger partial charge in [0, 0.05) is 19.1 Å². The Bertz CT molecular complexity index is 884. The van der Waals surface area contributed by atoms with Crippen molar-refractivity contribution < 1.29 is 22.5 Å². The van der Waals surface area contributed by atoms with Crippen molar-refractivity contribution in [1.29, 1.82) is 0 Å². The number of fused-ring (bicyclic) bond motifs is 1. The van der Waals surface area contributed by atoms with Crippen molar-refractivity contribution in [2.45, 2.75) is 57.3 Å². The number of alkyl halides is 3. The fourth-order valence-electron chi connectivity index (χ4n) is 4.51. The summed E-state index contributed by atoms with van der Waals surface area (Å²) in [5.74, 6) is 0.788. The highest BCUT2D eigenvalue weighted by molar-refractivity contribution is 5.90. The molecular weight excluding hydrogens is 397 g/mol. The lowest BCUT2D eigenvalue weighted by molar-refractivity contribution is -0.137. The van der Waals surface area contributed by atoms with Gasteiger partial charge in [-0.2, -0.15) is 13.2 Å². The number of carbonyl (C=O) groups excluding carboxylic acids is 1. The molecule has 0 spiro atoms. The van der Waals surface area contributed by atoms with Crippen LogP contribution in [-0.4, -0.2) is 47.7 Å². The maximum atomic E-state index is 12.9. The first-order valence-electron chi connectivity index (χ1n) is 10.6. The van der Waals surface area contributed by atoms with Crippen LogP contribution in [0.4, 0.5) is 19.0 Å². The number of amides is 1.